The lowest BCUT2D eigenvalue weighted by Crippen LogP contribution is -2.02. The van der Waals surface area contributed by atoms with Gasteiger partial charge in [0.05, 0.1) is 6.10 Å². The molecule has 0 aliphatic heterocycles. The highest BCUT2D eigenvalue weighted by molar-refractivity contribution is 5.28. The van der Waals surface area contributed by atoms with Gasteiger partial charge < -0.3 is 5.11 Å². The molecular weight excluding hydrogens is 280 g/mol. The maximum Gasteiger partial charge on any atom is 0.0830 e. The van der Waals surface area contributed by atoms with Gasteiger partial charge in [0.15, 0.2) is 0 Å². The number of unbranched alkanes of at least 4 members (excludes halogenated alkanes) is 2. The second-order valence-corrected chi connectivity index (χ2v) is 6.49. The Morgan fingerprint density at radius 2 is 1.13 bits per heavy atom. The maximum atomic E-state index is 10.5. The fourth-order valence-corrected chi connectivity index (χ4v) is 2.85. The van der Waals surface area contributed by atoms with Gasteiger partial charge in [0.2, 0.25) is 0 Å². The van der Waals surface area contributed by atoms with Crippen molar-refractivity contribution in [2.45, 2.75) is 64.9 Å². The molecule has 0 saturated heterocycles. The Labute approximate surface area is 141 Å². The molecule has 1 unspecified atom stereocenters. The van der Waals surface area contributed by atoms with Crippen LogP contribution in [0.25, 0.3) is 0 Å². The van der Waals surface area contributed by atoms with Crippen molar-refractivity contribution in [2.75, 3.05) is 0 Å². The summed E-state index contributed by atoms with van der Waals surface area (Å²) in [4.78, 5) is 0. The average molecular weight is 310 g/mol. The lowest BCUT2D eigenvalue weighted by molar-refractivity contribution is 0.178. The van der Waals surface area contributed by atoms with E-state index < -0.39 is 6.10 Å². The summed E-state index contributed by atoms with van der Waals surface area (Å²) in [6.45, 7) is 4.43. The molecule has 0 aliphatic rings. The van der Waals surface area contributed by atoms with Crippen LogP contribution in [0.4, 0.5) is 0 Å². The predicted octanol–water partition coefficient (Wildman–Crippen LogP) is 5.65. The van der Waals surface area contributed by atoms with Crippen LogP contribution in [0.5, 0.6) is 0 Å². The number of rotatable bonds is 9. The van der Waals surface area contributed by atoms with Crippen molar-refractivity contribution >= 4 is 0 Å². The fraction of sp³-hybridized carbons (Fsp3) is 0.455. The number of aliphatic hydroxyl groups is 1. The monoisotopic (exact) mass is 310 g/mol. The van der Waals surface area contributed by atoms with E-state index in [1.165, 1.54) is 42.4 Å². The van der Waals surface area contributed by atoms with Crippen LogP contribution in [0.15, 0.2) is 48.5 Å². The van der Waals surface area contributed by atoms with Gasteiger partial charge in [0.1, 0.15) is 0 Å². The van der Waals surface area contributed by atoms with E-state index in [0.717, 1.165) is 18.4 Å². The molecule has 1 N–H and O–H groups in total. The molecule has 0 fully saturated rings. The van der Waals surface area contributed by atoms with E-state index in [9.17, 15) is 5.11 Å². The minimum atomic E-state index is -0.420. The highest BCUT2D eigenvalue weighted by Crippen LogP contribution is 2.20. The second kappa shape index (κ2) is 9.52. The van der Waals surface area contributed by atoms with Crippen molar-refractivity contribution in [1.82, 2.24) is 0 Å². The SMILES string of the molecule is CCCCc1ccc(CC(O)c2ccc(CCCC)cc2)cc1. The zero-order valence-corrected chi connectivity index (χ0v) is 14.6. The predicted molar refractivity (Wildman–Crippen MR) is 98.8 cm³/mol. The number of hydrogen-bond donors (Lipinski definition) is 1. The van der Waals surface area contributed by atoms with Crippen molar-refractivity contribution in [1.29, 1.82) is 0 Å². The normalized spacial score (nSPS) is 12.3. The third-order valence-electron chi connectivity index (χ3n) is 4.45. The van der Waals surface area contributed by atoms with Gasteiger partial charge in [-0.3, -0.25) is 0 Å². The third kappa shape index (κ3) is 5.84. The summed E-state index contributed by atoms with van der Waals surface area (Å²) in [5.41, 5.74) is 4.97. The number of hydrogen-bond acceptors (Lipinski definition) is 1. The molecule has 0 aromatic heterocycles. The Morgan fingerprint density at radius 3 is 1.61 bits per heavy atom. The Hall–Kier alpha value is -1.60. The first-order chi connectivity index (χ1) is 11.2. The minimum Gasteiger partial charge on any atom is -0.388 e. The van der Waals surface area contributed by atoms with E-state index in [1.54, 1.807) is 0 Å². The zero-order valence-electron chi connectivity index (χ0n) is 14.6. The van der Waals surface area contributed by atoms with Crippen molar-refractivity contribution in [3.63, 3.8) is 0 Å². The Bertz CT molecular complexity index is 554. The van der Waals surface area contributed by atoms with Crippen LogP contribution in [0.2, 0.25) is 0 Å². The number of aryl methyl sites for hydroxylation is 2. The number of benzene rings is 2. The molecular formula is C22H30O. The molecule has 2 aromatic carbocycles. The van der Waals surface area contributed by atoms with E-state index in [-0.39, 0.29) is 0 Å². The van der Waals surface area contributed by atoms with Crippen LogP contribution >= 0.6 is 0 Å². The molecule has 1 heteroatoms. The highest BCUT2D eigenvalue weighted by Gasteiger charge is 2.08. The first kappa shape index (κ1) is 17.7. The smallest absolute Gasteiger partial charge is 0.0830 e. The van der Waals surface area contributed by atoms with Crippen LogP contribution in [0, 0.1) is 0 Å². The summed E-state index contributed by atoms with van der Waals surface area (Å²) in [5.74, 6) is 0. The van der Waals surface area contributed by atoms with Crippen LogP contribution < -0.4 is 0 Å². The number of aliphatic hydroxyl groups excluding tert-OH is 1. The van der Waals surface area contributed by atoms with Crippen LogP contribution in [0.1, 0.15) is 67.9 Å². The first-order valence-electron chi connectivity index (χ1n) is 9.07. The summed E-state index contributed by atoms with van der Waals surface area (Å²) in [6.07, 6.45) is 7.47. The highest BCUT2D eigenvalue weighted by atomic mass is 16.3. The summed E-state index contributed by atoms with van der Waals surface area (Å²) in [6, 6.07) is 17.2. The van der Waals surface area contributed by atoms with Gasteiger partial charge in [0, 0.05) is 6.42 Å². The lowest BCUT2D eigenvalue weighted by atomic mass is 9.98. The van der Waals surface area contributed by atoms with Gasteiger partial charge in [-0.25, -0.2) is 0 Å². The quantitative estimate of drug-likeness (QED) is 0.634. The van der Waals surface area contributed by atoms with Crippen molar-refractivity contribution in [3.05, 3.63) is 70.8 Å². The topological polar surface area (TPSA) is 20.2 Å². The third-order valence-corrected chi connectivity index (χ3v) is 4.45. The largest absolute Gasteiger partial charge is 0.388 e. The van der Waals surface area contributed by atoms with Crippen molar-refractivity contribution in [3.8, 4) is 0 Å². The Kier molecular flexibility index (Phi) is 7.35. The molecule has 1 atom stereocenters. The van der Waals surface area contributed by atoms with Gasteiger partial charge in [0.25, 0.3) is 0 Å². The molecule has 1 nitrogen and oxygen atoms in total. The summed E-state index contributed by atoms with van der Waals surface area (Å²) >= 11 is 0. The summed E-state index contributed by atoms with van der Waals surface area (Å²) in [7, 11) is 0. The first-order valence-corrected chi connectivity index (χ1v) is 9.07. The van der Waals surface area contributed by atoms with E-state index >= 15 is 0 Å². The van der Waals surface area contributed by atoms with Gasteiger partial charge in [-0.1, -0.05) is 75.2 Å². The lowest BCUT2D eigenvalue weighted by Gasteiger charge is -2.12. The molecule has 0 radical (unpaired) electrons. The second-order valence-electron chi connectivity index (χ2n) is 6.49. The molecule has 0 heterocycles. The molecule has 2 aromatic rings. The van der Waals surface area contributed by atoms with E-state index in [0.29, 0.717) is 6.42 Å². The van der Waals surface area contributed by atoms with Gasteiger partial charge in [-0.15, -0.1) is 0 Å². The molecule has 0 amide bonds. The fourth-order valence-electron chi connectivity index (χ4n) is 2.85. The zero-order chi connectivity index (χ0) is 16.5. The Balaban J connectivity index is 1.91. The summed E-state index contributed by atoms with van der Waals surface area (Å²) in [5, 5.41) is 10.5. The molecule has 0 saturated carbocycles. The Morgan fingerprint density at radius 1 is 0.696 bits per heavy atom. The van der Waals surface area contributed by atoms with E-state index in [2.05, 4.69) is 62.4 Å². The van der Waals surface area contributed by atoms with E-state index in [4.69, 9.17) is 0 Å². The molecule has 0 spiro atoms. The molecule has 0 bridgehead atoms. The molecule has 0 aliphatic carbocycles. The van der Waals surface area contributed by atoms with Gasteiger partial charge in [-0.2, -0.15) is 0 Å². The van der Waals surface area contributed by atoms with E-state index in [1.807, 2.05) is 0 Å². The maximum absolute atomic E-state index is 10.5. The minimum absolute atomic E-state index is 0.420. The average Bonchev–Trinajstić information content (AvgIpc) is 2.59. The molecule has 23 heavy (non-hydrogen) atoms. The van der Waals surface area contributed by atoms with Gasteiger partial charge >= 0.3 is 0 Å². The van der Waals surface area contributed by atoms with Crippen LogP contribution in [0.3, 0.4) is 0 Å². The van der Waals surface area contributed by atoms with Gasteiger partial charge in [-0.05, 0) is 47.9 Å². The van der Waals surface area contributed by atoms with Crippen LogP contribution in [-0.2, 0) is 19.3 Å². The van der Waals surface area contributed by atoms with Crippen molar-refractivity contribution in [2.24, 2.45) is 0 Å². The van der Waals surface area contributed by atoms with Crippen LogP contribution in [-0.4, -0.2) is 5.11 Å². The molecule has 2 rings (SSSR count). The van der Waals surface area contributed by atoms with Crippen molar-refractivity contribution < 1.29 is 5.11 Å². The molecule has 124 valence electrons. The summed E-state index contributed by atoms with van der Waals surface area (Å²) < 4.78 is 0. The standard InChI is InChI=1S/C22H30O/c1-3-5-7-18-9-11-20(12-10-18)17-22(23)21-15-13-19(14-16-21)8-6-4-2/h9-16,22-23H,3-8,17H2,1-2H3.